The Labute approximate surface area is 263 Å². The molecule has 2 N–H and O–H groups in total. The highest BCUT2D eigenvalue weighted by atomic mass is 19.1. The molecule has 0 bridgehead atoms. The third-order valence-electron chi connectivity index (χ3n) is 7.38. The number of carboxylic acid groups (broad SMARTS) is 1. The van der Waals surface area contributed by atoms with Crippen LogP contribution in [0.2, 0.25) is 0 Å². The minimum atomic E-state index is -0.978. The van der Waals surface area contributed by atoms with Gasteiger partial charge in [-0.2, -0.15) is 0 Å². The first-order chi connectivity index (χ1) is 21.6. The number of nitrogens with one attached hydrogen (secondary N) is 1. The fraction of sp³-hybridized carbons (Fsp3) is 0.250. The van der Waals surface area contributed by atoms with Crippen LogP contribution in [0.15, 0.2) is 97.1 Å². The van der Waals surface area contributed by atoms with Crippen molar-refractivity contribution in [2.24, 2.45) is 0 Å². The molecule has 0 aliphatic heterocycles. The van der Waals surface area contributed by atoms with Crippen molar-refractivity contribution in [1.29, 1.82) is 0 Å². The van der Waals surface area contributed by atoms with Gasteiger partial charge in [-0.1, -0.05) is 48.5 Å². The number of carboxylic acids is 1. The molecule has 0 heterocycles. The molecule has 0 saturated carbocycles. The lowest BCUT2D eigenvalue weighted by atomic mass is 10.0. The van der Waals surface area contributed by atoms with Crippen LogP contribution in [0.5, 0.6) is 0 Å². The van der Waals surface area contributed by atoms with E-state index >= 15 is 0 Å². The SMILES string of the molecule is CN(C)CCCN(C)c1ccc(-c2cccc(CN(CCC(=O)O)C(=O)c3ccccc3)c2)cc1NC(=O)c1cccc(F)c1. The van der Waals surface area contributed by atoms with Gasteiger partial charge >= 0.3 is 5.97 Å². The van der Waals surface area contributed by atoms with Gasteiger partial charge in [0.1, 0.15) is 5.82 Å². The van der Waals surface area contributed by atoms with Gasteiger partial charge in [0.25, 0.3) is 11.8 Å². The zero-order chi connectivity index (χ0) is 32.3. The minimum absolute atomic E-state index is 0.0679. The van der Waals surface area contributed by atoms with E-state index in [1.807, 2.05) is 69.7 Å². The number of aliphatic carboxylic acids is 1. The lowest BCUT2D eigenvalue weighted by Crippen LogP contribution is -2.32. The number of carbonyl (C=O) groups is 3. The minimum Gasteiger partial charge on any atom is -0.481 e. The Balaban J connectivity index is 1.63. The van der Waals surface area contributed by atoms with Crippen LogP contribution in [-0.2, 0) is 11.3 Å². The molecular weight excluding hydrogens is 571 g/mol. The van der Waals surface area contributed by atoms with Crippen molar-refractivity contribution in [2.45, 2.75) is 19.4 Å². The largest absolute Gasteiger partial charge is 0.481 e. The van der Waals surface area contributed by atoms with Crippen molar-refractivity contribution in [3.05, 3.63) is 120 Å². The van der Waals surface area contributed by atoms with E-state index in [1.165, 1.54) is 18.2 Å². The average molecular weight is 611 g/mol. The summed E-state index contributed by atoms with van der Waals surface area (Å²) < 4.78 is 13.9. The van der Waals surface area contributed by atoms with Crippen LogP contribution in [0.4, 0.5) is 15.8 Å². The molecule has 4 aromatic carbocycles. The zero-order valence-corrected chi connectivity index (χ0v) is 25.9. The van der Waals surface area contributed by atoms with Gasteiger partial charge in [0.2, 0.25) is 0 Å². The molecule has 4 aromatic rings. The molecule has 0 fully saturated rings. The molecule has 0 aliphatic carbocycles. The van der Waals surface area contributed by atoms with E-state index in [2.05, 4.69) is 15.1 Å². The maximum atomic E-state index is 13.9. The normalized spacial score (nSPS) is 10.9. The van der Waals surface area contributed by atoms with Crippen molar-refractivity contribution >= 4 is 29.2 Å². The number of hydrogen-bond donors (Lipinski definition) is 2. The Kier molecular flexibility index (Phi) is 11.4. The quantitative estimate of drug-likeness (QED) is 0.175. The summed E-state index contributed by atoms with van der Waals surface area (Å²) in [6, 6.07) is 27.9. The predicted molar refractivity (Wildman–Crippen MR) is 176 cm³/mol. The summed E-state index contributed by atoms with van der Waals surface area (Å²) in [5.41, 5.74) is 4.64. The van der Waals surface area contributed by atoms with Crippen LogP contribution < -0.4 is 10.2 Å². The predicted octanol–water partition coefficient (Wildman–Crippen LogP) is 6.25. The molecule has 0 aromatic heterocycles. The number of benzene rings is 4. The van der Waals surface area contributed by atoms with Crippen molar-refractivity contribution in [2.75, 3.05) is 51.0 Å². The second-order valence-corrected chi connectivity index (χ2v) is 11.2. The lowest BCUT2D eigenvalue weighted by molar-refractivity contribution is -0.137. The van der Waals surface area contributed by atoms with Gasteiger partial charge in [-0.3, -0.25) is 14.4 Å². The number of halogens is 1. The van der Waals surface area contributed by atoms with Gasteiger partial charge in [0.05, 0.1) is 17.8 Å². The summed E-state index contributed by atoms with van der Waals surface area (Å²) >= 11 is 0. The topological polar surface area (TPSA) is 93.2 Å². The van der Waals surface area contributed by atoms with Gasteiger partial charge in [0.15, 0.2) is 0 Å². The van der Waals surface area contributed by atoms with Crippen molar-refractivity contribution < 1.29 is 23.9 Å². The Morgan fingerprint density at radius 1 is 0.756 bits per heavy atom. The first-order valence-electron chi connectivity index (χ1n) is 14.8. The zero-order valence-electron chi connectivity index (χ0n) is 25.9. The fourth-order valence-corrected chi connectivity index (χ4v) is 5.03. The third-order valence-corrected chi connectivity index (χ3v) is 7.38. The fourth-order valence-electron chi connectivity index (χ4n) is 5.03. The Bertz CT molecular complexity index is 1630. The summed E-state index contributed by atoms with van der Waals surface area (Å²) in [5, 5.41) is 12.3. The molecule has 0 radical (unpaired) electrons. The molecule has 0 unspecified atom stereocenters. The number of amides is 2. The average Bonchev–Trinajstić information content (AvgIpc) is 3.03. The summed E-state index contributed by atoms with van der Waals surface area (Å²) in [7, 11) is 6.02. The van der Waals surface area contributed by atoms with Crippen molar-refractivity contribution in [1.82, 2.24) is 9.80 Å². The van der Waals surface area contributed by atoms with Crippen molar-refractivity contribution in [3.8, 4) is 11.1 Å². The molecule has 8 nitrogen and oxygen atoms in total. The monoisotopic (exact) mass is 610 g/mol. The lowest BCUT2D eigenvalue weighted by Gasteiger charge is -2.24. The summed E-state index contributed by atoms with van der Waals surface area (Å²) in [6.07, 6.45) is 0.751. The van der Waals surface area contributed by atoms with E-state index in [4.69, 9.17) is 0 Å². The van der Waals surface area contributed by atoms with E-state index in [0.29, 0.717) is 11.3 Å². The molecule has 9 heteroatoms. The van der Waals surface area contributed by atoms with E-state index in [9.17, 15) is 23.9 Å². The Hall–Kier alpha value is -5.02. The highest BCUT2D eigenvalue weighted by Crippen LogP contribution is 2.32. The first kappa shape index (κ1) is 32.9. The highest BCUT2D eigenvalue weighted by Gasteiger charge is 2.18. The number of carbonyl (C=O) groups excluding carboxylic acids is 2. The van der Waals surface area contributed by atoms with E-state index in [0.717, 1.165) is 41.9 Å². The smallest absolute Gasteiger partial charge is 0.305 e. The summed E-state index contributed by atoms with van der Waals surface area (Å²) in [5.74, 6) is -2.13. The standard InChI is InChI=1S/C36H39FN4O4/c1-39(2)19-9-20-40(3)33-17-16-29(24-32(33)38-35(44)30-14-8-15-31(37)23-30)28-13-7-10-26(22-28)25-41(21-18-34(42)43)36(45)27-11-5-4-6-12-27/h4-8,10-17,22-24H,9,18-21,25H2,1-3H3,(H,38,44)(H,42,43). The summed E-state index contributed by atoms with van der Waals surface area (Å²) in [4.78, 5) is 43.5. The van der Waals surface area contributed by atoms with Crippen LogP contribution in [0, 0.1) is 5.82 Å². The van der Waals surface area contributed by atoms with E-state index in [1.54, 1.807) is 35.2 Å². The molecule has 0 aliphatic rings. The van der Waals surface area contributed by atoms with Gasteiger partial charge in [-0.25, -0.2) is 4.39 Å². The van der Waals surface area contributed by atoms with Crippen LogP contribution in [0.25, 0.3) is 11.1 Å². The maximum Gasteiger partial charge on any atom is 0.305 e. The van der Waals surface area contributed by atoms with Gasteiger partial charge in [-0.15, -0.1) is 0 Å². The summed E-state index contributed by atoms with van der Waals surface area (Å²) in [6.45, 7) is 1.97. The Morgan fingerprint density at radius 2 is 1.47 bits per heavy atom. The van der Waals surface area contributed by atoms with Crippen LogP contribution >= 0.6 is 0 Å². The maximum absolute atomic E-state index is 13.9. The van der Waals surface area contributed by atoms with Crippen LogP contribution in [0.3, 0.4) is 0 Å². The van der Waals surface area contributed by atoms with Gasteiger partial charge in [-0.05, 0) is 92.3 Å². The third kappa shape index (κ3) is 9.48. The Morgan fingerprint density at radius 3 is 2.18 bits per heavy atom. The second-order valence-electron chi connectivity index (χ2n) is 11.2. The van der Waals surface area contributed by atoms with E-state index in [-0.39, 0.29) is 31.0 Å². The van der Waals surface area contributed by atoms with Crippen LogP contribution in [0.1, 0.15) is 39.1 Å². The van der Waals surface area contributed by atoms with E-state index < -0.39 is 17.7 Å². The molecular formula is C36H39FN4O4. The molecule has 0 atom stereocenters. The van der Waals surface area contributed by atoms with Crippen LogP contribution in [-0.4, -0.2) is 73.5 Å². The molecule has 0 spiro atoms. The molecule has 0 saturated heterocycles. The molecule has 4 rings (SSSR count). The number of nitrogens with zero attached hydrogens (tertiary/aromatic N) is 3. The number of hydrogen-bond acceptors (Lipinski definition) is 5. The molecule has 45 heavy (non-hydrogen) atoms. The first-order valence-corrected chi connectivity index (χ1v) is 14.8. The second kappa shape index (κ2) is 15.6. The molecule has 2 amide bonds. The van der Waals surface area contributed by atoms with Gasteiger partial charge in [0, 0.05) is 37.8 Å². The highest BCUT2D eigenvalue weighted by molar-refractivity contribution is 6.06. The number of rotatable bonds is 14. The number of anilines is 2. The van der Waals surface area contributed by atoms with Gasteiger partial charge < -0.3 is 25.1 Å². The molecule has 234 valence electrons. The van der Waals surface area contributed by atoms with Crippen molar-refractivity contribution in [3.63, 3.8) is 0 Å².